The fourth-order valence-electron chi connectivity index (χ4n) is 3.48. The number of fused-ring (bicyclic) bond motifs is 1. The van der Waals surface area contributed by atoms with Gasteiger partial charge in [0.05, 0.1) is 17.7 Å². The third-order valence-corrected chi connectivity index (χ3v) is 4.94. The molecular formula is C16H22Cl2N2O2. The molecule has 0 aromatic heterocycles. The van der Waals surface area contributed by atoms with Gasteiger partial charge in [0.15, 0.2) is 0 Å². The van der Waals surface area contributed by atoms with Crippen molar-refractivity contribution in [3.05, 3.63) is 28.8 Å². The Morgan fingerprint density at radius 1 is 1.36 bits per heavy atom. The molecular weight excluding hydrogens is 323 g/mol. The van der Waals surface area contributed by atoms with Crippen molar-refractivity contribution in [2.24, 2.45) is 17.6 Å². The highest BCUT2D eigenvalue weighted by Gasteiger charge is 2.34. The lowest BCUT2D eigenvalue weighted by molar-refractivity contribution is -0.126. The fraction of sp³-hybridized carbons (Fsp3) is 0.562. The van der Waals surface area contributed by atoms with Crippen LogP contribution in [-0.4, -0.2) is 19.1 Å². The van der Waals surface area contributed by atoms with Gasteiger partial charge in [-0.1, -0.05) is 30.2 Å². The van der Waals surface area contributed by atoms with E-state index in [1.54, 1.807) is 0 Å². The lowest BCUT2D eigenvalue weighted by Crippen LogP contribution is -2.38. The number of amides is 1. The van der Waals surface area contributed by atoms with Crippen LogP contribution in [-0.2, 0) is 4.79 Å². The van der Waals surface area contributed by atoms with Crippen molar-refractivity contribution in [2.45, 2.75) is 31.7 Å². The van der Waals surface area contributed by atoms with Crippen molar-refractivity contribution < 1.29 is 9.53 Å². The minimum Gasteiger partial charge on any atom is -0.492 e. The quantitative estimate of drug-likeness (QED) is 0.885. The lowest BCUT2D eigenvalue weighted by atomic mass is 9.93. The normalized spacial score (nSPS) is 26.5. The smallest absolute Gasteiger partial charge is 0.223 e. The molecule has 1 amide bonds. The molecule has 0 saturated heterocycles. The average Bonchev–Trinajstić information content (AvgIpc) is 2.97. The maximum absolute atomic E-state index is 12.5. The van der Waals surface area contributed by atoms with Crippen LogP contribution in [0.15, 0.2) is 18.2 Å². The molecule has 3 atom stereocenters. The second-order valence-electron chi connectivity index (χ2n) is 5.89. The predicted octanol–water partition coefficient (Wildman–Crippen LogP) is 3.08. The Balaban J connectivity index is 0.00000176. The number of halogens is 2. The predicted molar refractivity (Wildman–Crippen MR) is 89.6 cm³/mol. The summed E-state index contributed by atoms with van der Waals surface area (Å²) in [6.07, 6.45) is 3.87. The summed E-state index contributed by atoms with van der Waals surface area (Å²) in [6, 6.07) is 5.67. The van der Waals surface area contributed by atoms with Gasteiger partial charge >= 0.3 is 0 Å². The minimum absolute atomic E-state index is 0. The van der Waals surface area contributed by atoms with Crippen molar-refractivity contribution in [3.63, 3.8) is 0 Å². The van der Waals surface area contributed by atoms with Crippen molar-refractivity contribution in [1.82, 2.24) is 5.32 Å². The van der Waals surface area contributed by atoms with E-state index in [1.165, 1.54) is 0 Å². The van der Waals surface area contributed by atoms with Gasteiger partial charge in [0, 0.05) is 17.9 Å². The number of carbonyl (C=O) groups is 1. The van der Waals surface area contributed by atoms with Crippen LogP contribution in [0.25, 0.3) is 0 Å². The minimum atomic E-state index is -0.0148. The number of hydrogen-bond acceptors (Lipinski definition) is 3. The summed E-state index contributed by atoms with van der Waals surface area (Å²) >= 11 is 6.16. The Labute approximate surface area is 142 Å². The van der Waals surface area contributed by atoms with Gasteiger partial charge in [0.25, 0.3) is 0 Å². The first kappa shape index (κ1) is 17.4. The molecule has 1 saturated carbocycles. The van der Waals surface area contributed by atoms with E-state index in [4.69, 9.17) is 22.1 Å². The molecule has 2 aliphatic rings. The average molecular weight is 345 g/mol. The standard InChI is InChI=1S/C16H21ClN2O2.ClH/c17-13-6-2-5-12-14(7-8-21-15(12)13)19-16(20)11-4-1-3-10(11)9-18;/h2,5-6,10-11,14H,1,3-4,7-9,18H2,(H,19,20);1H/t10-,11-,14?;/m1./s1. The molecule has 0 bridgehead atoms. The number of benzene rings is 1. The van der Waals surface area contributed by atoms with Crippen LogP contribution in [0.5, 0.6) is 5.75 Å². The van der Waals surface area contributed by atoms with Gasteiger partial charge in [0.1, 0.15) is 5.75 Å². The summed E-state index contributed by atoms with van der Waals surface area (Å²) in [7, 11) is 0. The number of para-hydroxylation sites is 1. The Kier molecular flexibility index (Phi) is 5.95. The van der Waals surface area contributed by atoms with E-state index in [9.17, 15) is 4.79 Å². The molecule has 3 rings (SSSR count). The van der Waals surface area contributed by atoms with Gasteiger partial charge in [-0.05, 0) is 31.4 Å². The molecule has 1 heterocycles. The maximum Gasteiger partial charge on any atom is 0.223 e. The summed E-state index contributed by atoms with van der Waals surface area (Å²) in [5.41, 5.74) is 6.75. The Hall–Kier alpha value is -0.970. The van der Waals surface area contributed by atoms with Crippen LogP contribution in [0.4, 0.5) is 0 Å². The largest absolute Gasteiger partial charge is 0.492 e. The van der Waals surface area contributed by atoms with Gasteiger partial charge in [-0.2, -0.15) is 0 Å². The zero-order valence-electron chi connectivity index (χ0n) is 12.4. The number of nitrogens with two attached hydrogens (primary N) is 1. The number of nitrogens with one attached hydrogen (secondary N) is 1. The van der Waals surface area contributed by atoms with Crippen molar-refractivity contribution >= 4 is 29.9 Å². The number of ether oxygens (including phenoxy) is 1. The second-order valence-corrected chi connectivity index (χ2v) is 6.30. The molecule has 1 unspecified atom stereocenters. The molecule has 0 spiro atoms. The van der Waals surface area contributed by atoms with Gasteiger partial charge in [-0.3, -0.25) is 4.79 Å². The third kappa shape index (κ3) is 3.34. The molecule has 6 heteroatoms. The van der Waals surface area contributed by atoms with E-state index in [0.29, 0.717) is 29.8 Å². The van der Waals surface area contributed by atoms with E-state index < -0.39 is 0 Å². The molecule has 1 aliphatic carbocycles. The number of hydrogen-bond donors (Lipinski definition) is 2. The fourth-order valence-corrected chi connectivity index (χ4v) is 3.72. The first-order valence-corrected chi connectivity index (χ1v) is 8.00. The van der Waals surface area contributed by atoms with Gasteiger partial charge in [-0.25, -0.2) is 0 Å². The van der Waals surface area contributed by atoms with E-state index in [2.05, 4.69) is 5.32 Å². The highest BCUT2D eigenvalue weighted by molar-refractivity contribution is 6.32. The molecule has 122 valence electrons. The van der Waals surface area contributed by atoms with Crippen LogP contribution in [0.2, 0.25) is 5.02 Å². The van der Waals surface area contributed by atoms with Gasteiger partial charge < -0.3 is 15.8 Å². The van der Waals surface area contributed by atoms with E-state index >= 15 is 0 Å². The summed E-state index contributed by atoms with van der Waals surface area (Å²) in [5.74, 6) is 1.21. The molecule has 1 fully saturated rings. The van der Waals surface area contributed by atoms with Crippen LogP contribution < -0.4 is 15.8 Å². The Bertz CT molecular complexity index is 539. The van der Waals surface area contributed by atoms with Gasteiger partial charge in [0.2, 0.25) is 5.91 Å². The van der Waals surface area contributed by atoms with E-state index in [0.717, 1.165) is 31.2 Å². The molecule has 1 aromatic carbocycles. The second kappa shape index (κ2) is 7.53. The van der Waals surface area contributed by atoms with Crippen LogP contribution in [0.1, 0.15) is 37.3 Å². The molecule has 1 aromatic rings. The first-order chi connectivity index (χ1) is 10.2. The van der Waals surface area contributed by atoms with Crippen LogP contribution >= 0.6 is 24.0 Å². The summed E-state index contributed by atoms with van der Waals surface area (Å²) in [6.45, 7) is 1.17. The monoisotopic (exact) mass is 344 g/mol. The summed E-state index contributed by atoms with van der Waals surface area (Å²) < 4.78 is 5.63. The highest BCUT2D eigenvalue weighted by atomic mass is 35.5. The molecule has 4 nitrogen and oxygen atoms in total. The van der Waals surface area contributed by atoms with Crippen molar-refractivity contribution in [1.29, 1.82) is 0 Å². The SMILES string of the molecule is Cl.NC[C@H]1CCC[C@H]1C(=O)NC1CCOc2c(Cl)cccc21. The molecule has 3 N–H and O–H groups in total. The van der Waals surface area contributed by atoms with E-state index in [-0.39, 0.29) is 30.3 Å². The third-order valence-electron chi connectivity index (χ3n) is 4.64. The summed E-state index contributed by atoms with van der Waals surface area (Å²) in [5, 5.41) is 3.78. The Morgan fingerprint density at radius 2 is 2.18 bits per heavy atom. The number of rotatable bonds is 3. The zero-order valence-corrected chi connectivity index (χ0v) is 14.0. The Morgan fingerprint density at radius 3 is 2.95 bits per heavy atom. The maximum atomic E-state index is 12.5. The number of carbonyl (C=O) groups excluding carboxylic acids is 1. The van der Waals surface area contributed by atoms with Crippen molar-refractivity contribution in [3.8, 4) is 5.75 Å². The first-order valence-electron chi connectivity index (χ1n) is 7.62. The molecule has 22 heavy (non-hydrogen) atoms. The van der Waals surface area contributed by atoms with E-state index in [1.807, 2.05) is 18.2 Å². The topological polar surface area (TPSA) is 64.4 Å². The molecule has 0 radical (unpaired) electrons. The van der Waals surface area contributed by atoms with Gasteiger partial charge in [-0.15, -0.1) is 12.4 Å². The zero-order chi connectivity index (χ0) is 14.8. The van der Waals surface area contributed by atoms with Crippen LogP contribution in [0, 0.1) is 11.8 Å². The van der Waals surface area contributed by atoms with Crippen molar-refractivity contribution in [2.75, 3.05) is 13.2 Å². The van der Waals surface area contributed by atoms with Crippen LogP contribution in [0.3, 0.4) is 0 Å². The lowest BCUT2D eigenvalue weighted by Gasteiger charge is -2.29. The highest BCUT2D eigenvalue weighted by Crippen LogP contribution is 2.38. The molecule has 1 aliphatic heterocycles. The summed E-state index contributed by atoms with van der Waals surface area (Å²) in [4.78, 5) is 12.5.